The van der Waals surface area contributed by atoms with E-state index in [2.05, 4.69) is 25.1 Å². The van der Waals surface area contributed by atoms with Crippen molar-refractivity contribution in [1.29, 1.82) is 0 Å². The summed E-state index contributed by atoms with van der Waals surface area (Å²) in [5.74, 6) is 0.978. The van der Waals surface area contributed by atoms with Crippen molar-refractivity contribution in [2.24, 2.45) is 5.92 Å². The van der Waals surface area contributed by atoms with Crippen LogP contribution in [0.5, 0.6) is 0 Å². The van der Waals surface area contributed by atoms with Gasteiger partial charge in [0.1, 0.15) is 12.7 Å². The molecule has 0 bridgehead atoms. The third kappa shape index (κ3) is 3.45. The Morgan fingerprint density at radius 2 is 2.00 bits per heavy atom. The van der Waals surface area contributed by atoms with Crippen molar-refractivity contribution in [1.82, 2.24) is 29.5 Å². The number of halogens is 1. The summed E-state index contributed by atoms with van der Waals surface area (Å²) >= 11 is 6.24. The first kappa shape index (κ1) is 16.7. The molecule has 0 amide bonds. The third-order valence-electron chi connectivity index (χ3n) is 4.64. The second-order valence-electron chi connectivity index (χ2n) is 6.31. The molecule has 3 aromatic heterocycles. The molecule has 1 aliphatic heterocycles. The van der Waals surface area contributed by atoms with Crippen molar-refractivity contribution in [3.8, 4) is 5.82 Å². The largest absolute Gasteiger partial charge is 0.370 e. The summed E-state index contributed by atoms with van der Waals surface area (Å²) in [4.78, 5) is 22.4. The SMILES string of the molecule is O=c1ccc(-n2cncn2)nn1CC1CCN(c2ccncc2Cl)CC1. The molecule has 0 unspecified atom stereocenters. The molecule has 1 saturated heterocycles. The van der Waals surface area contributed by atoms with Gasteiger partial charge in [-0.1, -0.05) is 11.6 Å². The highest BCUT2D eigenvalue weighted by molar-refractivity contribution is 6.33. The standard InChI is InChI=1S/C17H18ClN7O/c18-14-9-19-6-3-15(14)23-7-4-13(5-8-23)10-24-17(26)2-1-16(22-24)25-12-20-11-21-25/h1-3,6,9,11-13H,4-5,7-8,10H2. The lowest BCUT2D eigenvalue weighted by Crippen LogP contribution is -2.37. The summed E-state index contributed by atoms with van der Waals surface area (Å²) in [5.41, 5.74) is 0.914. The Balaban J connectivity index is 1.44. The zero-order valence-electron chi connectivity index (χ0n) is 14.1. The topological polar surface area (TPSA) is 81.7 Å². The van der Waals surface area contributed by atoms with Gasteiger partial charge in [0.05, 0.1) is 10.7 Å². The number of rotatable bonds is 4. The maximum absolute atomic E-state index is 12.2. The van der Waals surface area contributed by atoms with Gasteiger partial charge in [-0.05, 0) is 30.9 Å². The Hall–Kier alpha value is -2.74. The molecule has 0 spiro atoms. The fraction of sp³-hybridized carbons (Fsp3) is 0.353. The number of hydrogen-bond acceptors (Lipinski definition) is 6. The monoisotopic (exact) mass is 371 g/mol. The van der Waals surface area contributed by atoms with Crippen molar-refractivity contribution in [2.45, 2.75) is 19.4 Å². The van der Waals surface area contributed by atoms with Crippen LogP contribution >= 0.6 is 11.6 Å². The maximum Gasteiger partial charge on any atom is 0.266 e. The predicted octanol–water partition coefficient (Wildman–Crippen LogP) is 1.79. The van der Waals surface area contributed by atoms with E-state index in [1.54, 1.807) is 29.5 Å². The van der Waals surface area contributed by atoms with Gasteiger partial charge >= 0.3 is 0 Å². The fourth-order valence-corrected chi connectivity index (χ4v) is 3.48. The molecule has 9 heteroatoms. The fourth-order valence-electron chi connectivity index (χ4n) is 3.24. The quantitative estimate of drug-likeness (QED) is 0.695. The Morgan fingerprint density at radius 1 is 1.15 bits per heavy atom. The minimum atomic E-state index is -0.103. The molecule has 4 heterocycles. The molecule has 0 radical (unpaired) electrons. The summed E-state index contributed by atoms with van der Waals surface area (Å²) in [6.07, 6.45) is 8.38. The normalized spacial score (nSPS) is 15.3. The second kappa shape index (κ2) is 7.25. The molecule has 0 atom stereocenters. The Labute approximate surface area is 155 Å². The Kier molecular flexibility index (Phi) is 4.66. The molecule has 0 aromatic carbocycles. The molecule has 26 heavy (non-hydrogen) atoms. The average Bonchev–Trinajstić information content (AvgIpc) is 3.19. The molecule has 1 fully saturated rings. The molecule has 0 saturated carbocycles. The predicted molar refractivity (Wildman–Crippen MR) is 97.6 cm³/mol. The second-order valence-corrected chi connectivity index (χ2v) is 6.72. The maximum atomic E-state index is 12.2. The van der Waals surface area contributed by atoms with Crippen LogP contribution in [0, 0.1) is 5.92 Å². The van der Waals surface area contributed by atoms with Crippen molar-refractivity contribution in [3.05, 3.63) is 58.6 Å². The smallest absolute Gasteiger partial charge is 0.266 e. The molecule has 134 valence electrons. The van der Waals surface area contributed by atoms with Gasteiger partial charge in [-0.25, -0.2) is 14.3 Å². The zero-order valence-corrected chi connectivity index (χ0v) is 14.8. The number of pyridine rings is 1. The molecule has 0 aliphatic carbocycles. The zero-order chi connectivity index (χ0) is 17.9. The highest BCUT2D eigenvalue weighted by atomic mass is 35.5. The van der Waals surface area contributed by atoms with E-state index in [9.17, 15) is 4.79 Å². The molecular formula is C17H18ClN7O. The van der Waals surface area contributed by atoms with Crippen LogP contribution in [-0.4, -0.2) is 42.6 Å². The molecule has 8 nitrogen and oxygen atoms in total. The Morgan fingerprint density at radius 3 is 2.73 bits per heavy atom. The lowest BCUT2D eigenvalue weighted by atomic mass is 9.96. The first-order valence-corrected chi connectivity index (χ1v) is 8.86. The van der Waals surface area contributed by atoms with E-state index in [0.717, 1.165) is 31.6 Å². The molecular weight excluding hydrogens is 354 g/mol. The van der Waals surface area contributed by atoms with E-state index in [1.807, 2.05) is 6.07 Å². The van der Waals surface area contributed by atoms with Gasteiger partial charge in [-0.15, -0.1) is 5.10 Å². The van der Waals surface area contributed by atoms with E-state index in [0.29, 0.717) is 23.3 Å². The van der Waals surface area contributed by atoms with E-state index in [1.165, 1.54) is 17.1 Å². The highest BCUT2D eigenvalue weighted by Crippen LogP contribution is 2.29. The highest BCUT2D eigenvalue weighted by Gasteiger charge is 2.22. The van der Waals surface area contributed by atoms with Gasteiger partial charge in [-0.3, -0.25) is 9.78 Å². The van der Waals surface area contributed by atoms with Crippen LogP contribution in [0.15, 0.2) is 48.0 Å². The lowest BCUT2D eigenvalue weighted by molar-refractivity contribution is 0.334. The van der Waals surface area contributed by atoms with E-state index >= 15 is 0 Å². The molecule has 0 N–H and O–H groups in total. The number of aromatic nitrogens is 6. The summed E-state index contributed by atoms with van der Waals surface area (Å²) in [5, 5.41) is 9.15. The van der Waals surface area contributed by atoms with Gasteiger partial charge in [0.25, 0.3) is 5.56 Å². The van der Waals surface area contributed by atoms with Crippen molar-refractivity contribution in [3.63, 3.8) is 0 Å². The number of anilines is 1. The number of nitrogens with zero attached hydrogens (tertiary/aromatic N) is 7. The van der Waals surface area contributed by atoms with E-state index in [-0.39, 0.29) is 5.56 Å². The third-order valence-corrected chi connectivity index (χ3v) is 4.93. The summed E-state index contributed by atoms with van der Waals surface area (Å²) < 4.78 is 3.07. The minimum absolute atomic E-state index is 0.103. The van der Waals surface area contributed by atoms with Gasteiger partial charge in [0.15, 0.2) is 5.82 Å². The molecule has 3 aromatic rings. The van der Waals surface area contributed by atoms with Gasteiger partial charge in [0.2, 0.25) is 0 Å². The molecule has 1 aliphatic rings. The average molecular weight is 372 g/mol. The van der Waals surface area contributed by atoms with Gasteiger partial charge in [0, 0.05) is 38.1 Å². The number of hydrogen-bond donors (Lipinski definition) is 0. The minimum Gasteiger partial charge on any atom is -0.370 e. The van der Waals surface area contributed by atoms with Crippen LogP contribution in [0.25, 0.3) is 5.82 Å². The van der Waals surface area contributed by atoms with Crippen LogP contribution in [0.1, 0.15) is 12.8 Å². The summed E-state index contributed by atoms with van der Waals surface area (Å²) in [7, 11) is 0. The van der Waals surface area contributed by atoms with Crippen molar-refractivity contribution < 1.29 is 0 Å². The van der Waals surface area contributed by atoms with Gasteiger partial charge in [-0.2, -0.15) is 5.10 Å². The van der Waals surface area contributed by atoms with Gasteiger partial charge < -0.3 is 4.90 Å². The van der Waals surface area contributed by atoms with Crippen LogP contribution in [0.2, 0.25) is 5.02 Å². The van der Waals surface area contributed by atoms with E-state index < -0.39 is 0 Å². The van der Waals surface area contributed by atoms with E-state index in [4.69, 9.17) is 11.6 Å². The van der Waals surface area contributed by atoms with Crippen molar-refractivity contribution in [2.75, 3.05) is 18.0 Å². The first-order valence-electron chi connectivity index (χ1n) is 8.48. The van der Waals surface area contributed by atoms with Crippen LogP contribution in [-0.2, 0) is 6.54 Å². The summed E-state index contributed by atoms with van der Waals surface area (Å²) in [6.45, 7) is 2.39. The van der Waals surface area contributed by atoms with Crippen LogP contribution in [0.3, 0.4) is 0 Å². The first-order chi connectivity index (χ1) is 12.7. The van der Waals surface area contributed by atoms with Crippen LogP contribution in [0.4, 0.5) is 5.69 Å². The lowest BCUT2D eigenvalue weighted by Gasteiger charge is -2.34. The summed E-state index contributed by atoms with van der Waals surface area (Å²) in [6, 6.07) is 5.12. The number of piperidine rings is 1. The van der Waals surface area contributed by atoms with Crippen LogP contribution < -0.4 is 10.5 Å². The Bertz CT molecular complexity index is 932. The van der Waals surface area contributed by atoms with Crippen molar-refractivity contribution >= 4 is 17.3 Å². The molecule has 4 rings (SSSR count).